The van der Waals surface area contributed by atoms with Crippen LogP contribution in [-0.4, -0.2) is 50.5 Å². The van der Waals surface area contributed by atoms with E-state index in [1.54, 1.807) is 45.6 Å². The van der Waals surface area contributed by atoms with E-state index >= 15 is 0 Å². The molecule has 0 spiro atoms. The predicted molar refractivity (Wildman–Crippen MR) is 88.7 cm³/mol. The van der Waals surface area contributed by atoms with Gasteiger partial charge in [0, 0.05) is 20.3 Å². The van der Waals surface area contributed by atoms with Crippen LogP contribution in [0.5, 0.6) is 11.5 Å². The Morgan fingerprint density at radius 3 is 2.52 bits per heavy atom. The standard InChI is InChI=1S/C16H19NO5S/c1-20-8-4-7-17-15(18)14(23-16(17)19)10-11-5-6-12(21-2)13(9-11)22-3/h5-6,9-10H,4,7-8H2,1-3H3/b14-10-. The van der Waals surface area contributed by atoms with Crippen molar-refractivity contribution >= 4 is 29.0 Å². The molecule has 0 aromatic heterocycles. The Hall–Kier alpha value is -1.99. The maximum atomic E-state index is 12.3. The normalized spacial score (nSPS) is 16.3. The molecular weight excluding hydrogens is 318 g/mol. The average Bonchev–Trinajstić information content (AvgIpc) is 2.82. The molecule has 124 valence electrons. The second-order valence-electron chi connectivity index (χ2n) is 4.79. The summed E-state index contributed by atoms with van der Waals surface area (Å²) in [6.45, 7) is 0.873. The first-order chi connectivity index (χ1) is 11.1. The molecule has 2 rings (SSSR count). The first kappa shape index (κ1) is 17.4. The first-order valence-electron chi connectivity index (χ1n) is 7.07. The van der Waals surface area contributed by atoms with E-state index in [4.69, 9.17) is 14.2 Å². The van der Waals surface area contributed by atoms with E-state index in [0.29, 0.717) is 36.0 Å². The Bertz CT molecular complexity index is 629. The third kappa shape index (κ3) is 4.05. The Morgan fingerprint density at radius 2 is 1.87 bits per heavy atom. The van der Waals surface area contributed by atoms with Crippen LogP contribution in [0.2, 0.25) is 0 Å². The number of methoxy groups -OCH3 is 3. The van der Waals surface area contributed by atoms with E-state index in [0.717, 1.165) is 17.3 Å². The summed E-state index contributed by atoms with van der Waals surface area (Å²) < 4.78 is 15.4. The van der Waals surface area contributed by atoms with Gasteiger partial charge in [-0.25, -0.2) is 0 Å². The third-order valence-corrected chi connectivity index (χ3v) is 4.22. The SMILES string of the molecule is COCCCN1C(=O)S/C(=C\c2ccc(OC)c(OC)c2)C1=O. The van der Waals surface area contributed by atoms with Crippen LogP contribution in [0.4, 0.5) is 4.79 Å². The fourth-order valence-corrected chi connectivity index (χ4v) is 3.02. The summed E-state index contributed by atoms with van der Waals surface area (Å²) in [5.74, 6) is 0.906. The predicted octanol–water partition coefficient (Wildman–Crippen LogP) is 2.78. The van der Waals surface area contributed by atoms with Gasteiger partial charge in [-0.3, -0.25) is 14.5 Å². The van der Waals surface area contributed by atoms with Crippen LogP contribution in [0.15, 0.2) is 23.1 Å². The van der Waals surface area contributed by atoms with Gasteiger partial charge in [-0.05, 0) is 42.0 Å². The van der Waals surface area contributed by atoms with Gasteiger partial charge in [0.05, 0.1) is 19.1 Å². The molecule has 0 aliphatic carbocycles. The van der Waals surface area contributed by atoms with E-state index in [-0.39, 0.29) is 11.1 Å². The number of thioether (sulfide) groups is 1. The van der Waals surface area contributed by atoms with E-state index in [9.17, 15) is 9.59 Å². The average molecular weight is 337 g/mol. The van der Waals surface area contributed by atoms with Gasteiger partial charge in [-0.2, -0.15) is 0 Å². The van der Waals surface area contributed by atoms with Crippen LogP contribution >= 0.6 is 11.8 Å². The van der Waals surface area contributed by atoms with Crippen molar-refractivity contribution in [3.8, 4) is 11.5 Å². The zero-order valence-electron chi connectivity index (χ0n) is 13.3. The highest BCUT2D eigenvalue weighted by molar-refractivity contribution is 8.18. The highest BCUT2D eigenvalue weighted by Crippen LogP contribution is 2.34. The quantitative estimate of drug-likeness (QED) is 0.563. The fraction of sp³-hybridized carbons (Fsp3) is 0.375. The van der Waals surface area contributed by atoms with Gasteiger partial charge < -0.3 is 14.2 Å². The van der Waals surface area contributed by atoms with Crippen molar-refractivity contribution in [3.63, 3.8) is 0 Å². The fourth-order valence-electron chi connectivity index (χ4n) is 2.15. The van der Waals surface area contributed by atoms with Gasteiger partial charge in [0.1, 0.15) is 0 Å². The number of hydrogen-bond acceptors (Lipinski definition) is 6. The Kier molecular flexibility index (Phi) is 6.06. The van der Waals surface area contributed by atoms with Crippen molar-refractivity contribution in [2.45, 2.75) is 6.42 Å². The van der Waals surface area contributed by atoms with E-state index in [2.05, 4.69) is 0 Å². The third-order valence-electron chi connectivity index (χ3n) is 3.31. The minimum Gasteiger partial charge on any atom is -0.493 e. The molecule has 0 N–H and O–H groups in total. The van der Waals surface area contributed by atoms with Crippen molar-refractivity contribution in [3.05, 3.63) is 28.7 Å². The summed E-state index contributed by atoms with van der Waals surface area (Å²) in [5, 5.41) is -0.252. The van der Waals surface area contributed by atoms with Crippen LogP contribution in [-0.2, 0) is 9.53 Å². The van der Waals surface area contributed by atoms with Crippen LogP contribution in [0.1, 0.15) is 12.0 Å². The lowest BCUT2D eigenvalue weighted by Crippen LogP contribution is -2.29. The number of amides is 2. The Balaban J connectivity index is 2.17. The maximum Gasteiger partial charge on any atom is 0.293 e. The molecule has 1 aromatic rings. The van der Waals surface area contributed by atoms with Gasteiger partial charge in [0.25, 0.3) is 11.1 Å². The number of carbonyl (C=O) groups excluding carboxylic acids is 2. The summed E-state index contributed by atoms with van der Waals surface area (Å²) in [6.07, 6.45) is 2.31. The van der Waals surface area contributed by atoms with Crippen molar-refractivity contribution < 1.29 is 23.8 Å². The molecule has 0 bridgehead atoms. The molecule has 1 aliphatic heterocycles. The summed E-state index contributed by atoms with van der Waals surface area (Å²) in [4.78, 5) is 25.9. The Labute approximate surface area is 139 Å². The largest absolute Gasteiger partial charge is 0.493 e. The topological polar surface area (TPSA) is 65.1 Å². The second-order valence-corrected chi connectivity index (χ2v) is 5.79. The molecule has 6 nitrogen and oxygen atoms in total. The van der Waals surface area contributed by atoms with Crippen molar-refractivity contribution in [2.24, 2.45) is 0 Å². The van der Waals surface area contributed by atoms with Gasteiger partial charge >= 0.3 is 0 Å². The zero-order chi connectivity index (χ0) is 16.8. The van der Waals surface area contributed by atoms with Crippen molar-refractivity contribution in [1.82, 2.24) is 4.90 Å². The number of ether oxygens (including phenoxy) is 3. The van der Waals surface area contributed by atoms with Crippen LogP contribution in [0.3, 0.4) is 0 Å². The molecule has 0 atom stereocenters. The van der Waals surface area contributed by atoms with Crippen LogP contribution in [0, 0.1) is 0 Å². The second kappa shape index (κ2) is 8.03. The summed E-state index contributed by atoms with van der Waals surface area (Å²) in [5.41, 5.74) is 0.769. The molecule has 1 saturated heterocycles. The van der Waals surface area contributed by atoms with E-state index in [1.165, 1.54) is 4.90 Å². The minimum atomic E-state index is -0.272. The number of hydrogen-bond donors (Lipinski definition) is 0. The molecule has 7 heteroatoms. The van der Waals surface area contributed by atoms with Gasteiger partial charge in [0.15, 0.2) is 11.5 Å². The van der Waals surface area contributed by atoms with E-state index in [1.807, 2.05) is 0 Å². The summed E-state index contributed by atoms with van der Waals surface area (Å²) in [7, 11) is 4.69. The first-order valence-corrected chi connectivity index (χ1v) is 7.88. The van der Waals surface area contributed by atoms with Gasteiger partial charge in [-0.1, -0.05) is 6.07 Å². The zero-order valence-corrected chi connectivity index (χ0v) is 14.1. The lowest BCUT2D eigenvalue weighted by Gasteiger charge is -2.11. The molecule has 0 radical (unpaired) electrons. The lowest BCUT2D eigenvalue weighted by atomic mass is 10.2. The van der Waals surface area contributed by atoms with Crippen molar-refractivity contribution in [1.29, 1.82) is 0 Å². The highest BCUT2D eigenvalue weighted by atomic mass is 32.2. The summed E-state index contributed by atoms with van der Waals surface area (Å²) >= 11 is 0.944. The molecule has 0 unspecified atom stereocenters. The monoisotopic (exact) mass is 337 g/mol. The molecule has 2 amide bonds. The number of benzene rings is 1. The highest BCUT2D eigenvalue weighted by Gasteiger charge is 2.34. The number of rotatable bonds is 7. The Morgan fingerprint density at radius 1 is 1.13 bits per heavy atom. The van der Waals surface area contributed by atoms with Crippen LogP contribution < -0.4 is 9.47 Å². The number of imide groups is 1. The molecule has 1 heterocycles. The van der Waals surface area contributed by atoms with E-state index < -0.39 is 0 Å². The maximum absolute atomic E-state index is 12.3. The summed E-state index contributed by atoms with van der Waals surface area (Å²) in [6, 6.07) is 5.32. The van der Waals surface area contributed by atoms with Crippen molar-refractivity contribution in [2.75, 3.05) is 34.5 Å². The smallest absolute Gasteiger partial charge is 0.293 e. The number of carbonyl (C=O) groups is 2. The molecule has 1 fully saturated rings. The lowest BCUT2D eigenvalue weighted by molar-refractivity contribution is -0.122. The molecule has 1 aliphatic rings. The van der Waals surface area contributed by atoms with Crippen LogP contribution in [0.25, 0.3) is 6.08 Å². The molecule has 0 saturated carbocycles. The minimum absolute atomic E-state index is 0.252. The van der Waals surface area contributed by atoms with Gasteiger partial charge in [-0.15, -0.1) is 0 Å². The molecule has 1 aromatic carbocycles. The van der Waals surface area contributed by atoms with Gasteiger partial charge in [0.2, 0.25) is 0 Å². The molecule has 23 heavy (non-hydrogen) atoms. The number of nitrogens with zero attached hydrogens (tertiary/aromatic N) is 1. The molecular formula is C16H19NO5S.